The first kappa shape index (κ1) is 38.0. The van der Waals surface area contributed by atoms with Gasteiger partial charge in [-0.1, -0.05) is 6.42 Å². The number of carbonyl (C=O) groups is 5. The third kappa shape index (κ3) is 12.0. The van der Waals surface area contributed by atoms with E-state index in [-0.39, 0.29) is 50.9 Å². The van der Waals surface area contributed by atoms with E-state index >= 15 is 0 Å². The summed E-state index contributed by atoms with van der Waals surface area (Å²) < 4.78 is 0. The minimum Gasteiger partial charge on any atom is -0.480 e. The van der Waals surface area contributed by atoms with Gasteiger partial charge >= 0.3 is 5.97 Å². The SMILES string of the molecule is N=C(N)NCCCC(NC(=O)C1CCCN1C(=O)C(CCCNC(=N)N)NC(=O)C(N)CCCCN)C(=O)N1CCCC1C(=O)O. The van der Waals surface area contributed by atoms with Crippen LogP contribution in [0.1, 0.15) is 70.6 Å². The Bertz CT molecular complexity index is 1090. The highest BCUT2D eigenvalue weighted by Gasteiger charge is 2.41. The zero-order valence-corrected chi connectivity index (χ0v) is 26.4. The van der Waals surface area contributed by atoms with Gasteiger partial charge in [0.05, 0.1) is 6.04 Å². The van der Waals surface area contributed by atoms with E-state index in [0.717, 1.165) is 0 Å². The second-order valence-electron chi connectivity index (χ2n) is 11.7. The van der Waals surface area contributed by atoms with Crippen LogP contribution in [0.4, 0.5) is 0 Å². The van der Waals surface area contributed by atoms with Crippen LogP contribution in [0.25, 0.3) is 0 Å². The Morgan fingerprint density at radius 2 is 1.26 bits per heavy atom. The molecule has 0 aromatic heterocycles. The summed E-state index contributed by atoms with van der Waals surface area (Å²) in [5.41, 5.74) is 22.3. The van der Waals surface area contributed by atoms with Crippen molar-refractivity contribution in [2.45, 2.75) is 101 Å². The van der Waals surface area contributed by atoms with Gasteiger partial charge in [0.25, 0.3) is 0 Å². The number of nitrogens with one attached hydrogen (secondary N) is 6. The fraction of sp³-hybridized carbons (Fsp3) is 0.750. The highest BCUT2D eigenvalue weighted by atomic mass is 16.4. The van der Waals surface area contributed by atoms with Crippen molar-refractivity contribution in [3.8, 4) is 0 Å². The predicted octanol–water partition coefficient (Wildman–Crippen LogP) is -2.99. The number of aliphatic carboxylic acids is 1. The molecule has 2 rings (SSSR count). The molecule has 4 amide bonds. The van der Waals surface area contributed by atoms with E-state index in [0.29, 0.717) is 64.3 Å². The first-order chi connectivity index (χ1) is 21.9. The second kappa shape index (κ2) is 19.4. The first-order valence-corrected chi connectivity index (χ1v) is 15.9. The molecule has 2 fully saturated rings. The molecule has 0 aliphatic carbocycles. The number of guanidine groups is 2. The lowest BCUT2D eigenvalue weighted by atomic mass is 10.1. The highest BCUT2D eigenvalue weighted by Crippen LogP contribution is 2.22. The first-order valence-electron chi connectivity index (χ1n) is 15.9. The van der Waals surface area contributed by atoms with Crippen LogP contribution in [0, 0.1) is 10.8 Å². The molecule has 18 nitrogen and oxygen atoms in total. The van der Waals surface area contributed by atoms with Crippen LogP contribution in [0.2, 0.25) is 0 Å². The zero-order valence-electron chi connectivity index (χ0n) is 26.4. The van der Waals surface area contributed by atoms with Gasteiger partial charge in [0, 0.05) is 26.2 Å². The van der Waals surface area contributed by atoms with E-state index in [2.05, 4.69) is 21.3 Å². The van der Waals surface area contributed by atoms with Crippen molar-refractivity contribution >= 4 is 41.5 Å². The van der Waals surface area contributed by atoms with E-state index in [1.54, 1.807) is 0 Å². The second-order valence-corrected chi connectivity index (χ2v) is 11.7. The molecule has 0 radical (unpaired) electrons. The molecule has 18 heteroatoms. The normalized spacial score (nSPS) is 19.5. The van der Waals surface area contributed by atoms with Crippen molar-refractivity contribution in [1.29, 1.82) is 10.8 Å². The molecular formula is C28H52N12O6. The van der Waals surface area contributed by atoms with Gasteiger partial charge in [-0.25, -0.2) is 4.79 Å². The molecule has 5 unspecified atom stereocenters. The largest absolute Gasteiger partial charge is 0.480 e. The zero-order chi connectivity index (χ0) is 34.2. The fourth-order valence-electron chi connectivity index (χ4n) is 5.75. The fourth-order valence-corrected chi connectivity index (χ4v) is 5.75. The topological polar surface area (TPSA) is 312 Å². The lowest BCUT2D eigenvalue weighted by Crippen LogP contribution is -2.58. The van der Waals surface area contributed by atoms with Crippen LogP contribution in [0.3, 0.4) is 0 Å². The van der Waals surface area contributed by atoms with Crippen molar-refractivity contribution in [1.82, 2.24) is 31.1 Å². The molecule has 0 saturated carbocycles. The number of carbonyl (C=O) groups excluding carboxylic acids is 4. The Morgan fingerprint density at radius 3 is 1.76 bits per heavy atom. The van der Waals surface area contributed by atoms with Crippen molar-refractivity contribution in [3.63, 3.8) is 0 Å². The number of hydrogen-bond acceptors (Lipinski definition) is 9. The van der Waals surface area contributed by atoms with Gasteiger partial charge in [0.15, 0.2) is 11.9 Å². The highest BCUT2D eigenvalue weighted by molar-refractivity contribution is 5.96. The summed E-state index contributed by atoms with van der Waals surface area (Å²) in [4.78, 5) is 68.3. The minimum absolute atomic E-state index is 0.151. The lowest BCUT2D eigenvalue weighted by Gasteiger charge is -2.31. The maximum absolute atomic E-state index is 13.8. The van der Waals surface area contributed by atoms with E-state index in [1.165, 1.54) is 9.80 Å². The molecule has 0 aromatic rings. The monoisotopic (exact) mass is 652 g/mol. The third-order valence-electron chi connectivity index (χ3n) is 8.16. The number of carboxylic acids is 1. The van der Waals surface area contributed by atoms with E-state index < -0.39 is 59.8 Å². The van der Waals surface area contributed by atoms with Gasteiger partial charge in [-0.05, 0) is 70.8 Å². The molecule has 2 saturated heterocycles. The van der Waals surface area contributed by atoms with Crippen LogP contribution in [0.15, 0.2) is 0 Å². The Hall–Kier alpha value is -4.19. The molecule has 15 N–H and O–H groups in total. The van der Waals surface area contributed by atoms with Gasteiger partial charge < -0.3 is 59.1 Å². The summed E-state index contributed by atoms with van der Waals surface area (Å²) in [6.45, 7) is 1.52. The molecule has 260 valence electrons. The van der Waals surface area contributed by atoms with Crippen LogP contribution in [-0.4, -0.2) is 119 Å². The van der Waals surface area contributed by atoms with E-state index in [9.17, 15) is 29.1 Å². The Labute approximate surface area is 269 Å². The van der Waals surface area contributed by atoms with Gasteiger partial charge in [-0.2, -0.15) is 0 Å². The maximum Gasteiger partial charge on any atom is 0.326 e. The third-order valence-corrected chi connectivity index (χ3v) is 8.16. The van der Waals surface area contributed by atoms with Crippen molar-refractivity contribution in [2.24, 2.45) is 22.9 Å². The number of unbranched alkanes of at least 4 members (excludes halogenated alkanes) is 1. The van der Waals surface area contributed by atoms with Crippen LogP contribution in [-0.2, 0) is 24.0 Å². The summed E-state index contributed by atoms with van der Waals surface area (Å²) in [5, 5.41) is 35.1. The Kier molecular flexibility index (Phi) is 16.0. The number of rotatable bonds is 19. The van der Waals surface area contributed by atoms with Crippen LogP contribution < -0.4 is 44.2 Å². The number of nitrogens with two attached hydrogens (primary N) is 4. The Balaban J connectivity index is 2.19. The standard InChI is InChI=1S/C28H52N12O6/c29-12-2-1-7-17(30)22(41)37-18(8-3-13-35-27(31)32)24(43)39-15-5-10-20(39)23(42)38-19(9-4-14-36-28(33)34)25(44)40-16-6-11-21(40)26(45)46/h17-21H,1-16,29-30H2,(H,37,41)(H,38,42)(H,45,46)(H4,31,32,35)(H4,33,34,36). The molecule has 2 heterocycles. The molecule has 5 atom stereocenters. The molecule has 46 heavy (non-hydrogen) atoms. The number of likely N-dealkylation sites (tertiary alicyclic amines) is 2. The van der Waals surface area contributed by atoms with Crippen LogP contribution >= 0.6 is 0 Å². The van der Waals surface area contributed by atoms with E-state index in [4.69, 9.17) is 33.8 Å². The number of nitrogens with zero attached hydrogens (tertiary/aromatic N) is 2. The quantitative estimate of drug-likeness (QED) is 0.0378. The minimum atomic E-state index is -1.12. The van der Waals surface area contributed by atoms with Gasteiger partial charge in [-0.15, -0.1) is 0 Å². The van der Waals surface area contributed by atoms with Crippen LogP contribution in [0.5, 0.6) is 0 Å². The van der Waals surface area contributed by atoms with Gasteiger partial charge in [0.1, 0.15) is 24.2 Å². The average molecular weight is 653 g/mol. The molecule has 2 aliphatic rings. The number of carboxylic acid groups (broad SMARTS) is 1. The number of hydrogen-bond donors (Lipinski definition) is 11. The Morgan fingerprint density at radius 1 is 0.761 bits per heavy atom. The summed E-state index contributed by atoms with van der Waals surface area (Å²) in [6.07, 6.45) is 4.50. The number of amides is 4. The molecule has 2 aliphatic heterocycles. The summed E-state index contributed by atoms with van der Waals surface area (Å²) in [6, 6.07) is -4.81. The van der Waals surface area contributed by atoms with Crippen molar-refractivity contribution in [3.05, 3.63) is 0 Å². The summed E-state index contributed by atoms with van der Waals surface area (Å²) in [5.74, 6) is -3.64. The average Bonchev–Trinajstić information content (AvgIpc) is 3.70. The molecule has 0 spiro atoms. The predicted molar refractivity (Wildman–Crippen MR) is 170 cm³/mol. The maximum atomic E-state index is 13.8. The molecule has 0 aromatic carbocycles. The summed E-state index contributed by atoms with van der Waals surface area (Å²) >= 11 is 0. The molecular weight excluding hydrogens is 600 g/mol. The van der Waals surface area contributed by atoms with Gasteiger partial charge in [-0.3, -0.25) is 30.0 Å². The van der Waals surface area contributed by atoms with Crippen molar-refractivity contribution in [2.75, 3.05) is 32.7 Å². The lowest BCUT2D eigenvalue weighted by molar-refractivity contribution is -0.150. The van der Waals surface area contributed by atoms with Crippen molar-refractivity contribution < 1.29 is 29.1 Å². The van der Waals surface area contributed by atoms with E-state index in [1.807, 2.05) is 0 Å². The summed E-state index contributed by atoms with van der Waals surface area (Å²) in [7, 11) is 0. The smallest absolute Gasteiger partial charge is 0.326 e. The van der Waals surface area contributed by atoms with Gasteiger partial charge in [0.2, 0.25) is 23.6 Å². The molecule has 0 bridgehead atoms.